The fourth-order valence-corrected chi connectivity index (χ4v) is 2.47. The van der Waals surface area contributed by atoms with Crippen molar-refractivity contribution < 1.29 is 0 Å². The van der Waals surface area contributed by atoms with Crippen LogP contribution in [0.5, 0.6) is 0 Å². The molecule has 0 bridgehead atoms. The second-order valence-electron chi connectivity index (χ2n) is 5.35. The first-order chi connectivity index (χ1) is 9.45. The molecule has 4 nitrogen and oxygen atoms in total. The van der Waals surface area contributed by atoms with Gasteiger partial charge in [-0.05, 0) is 25.1 Å². The highest BCUT2D eigenvalue weighted by Gasteiger charge is 2.15. The van der Waals surface area contributed by atoms with Crippen molar-refractivity contribution in [2.45, 2.75) is 13.3 Å². The lowest BCUT2D eigenvalue weighted by atomic mass is 10.0. The van der Waals surface area contributed by atoms with Gasteiger partial charge in [0, 0.05) is 50.5 Å². The SMILES string of the molecule is Cc1nc2ccc(N(C)C)cc2c(N(C)C)c1CC#N. The first-order valence-electron chi connectivity index (χ1n) is 6.60. The summed E-state index contributed by atoms with van der Waals surface area (Å²) in [7, 11) is 8.07. The standard InChI is InChI=1S/C16H20N4/c1-11-13(8-9-17)16(20(4)5)14-10-12(19(2)3)6-7-15(14)18-11/h6-7,10H,8H2,1-5H3. The Labute approximate surface area is 120 Å². The predicted octanol–water partition coefficient (Wildman–Crippen LogP) is 2.74. The molecular formula is C16H20N4. The van der Waals surface area contributed by atoms with Crippen LogP contribution in [0.3, 0.4) is 0 Å². The molecule has 0 radical (unpaired) electrons. The largest absolute Gasteiger partial charge is 0.378 e. The topological polar surface area (TPSA) is 43.2 Å². The predicted molar refractivity (Wildman–Crippen MR) is 84.5 cm³/mol. The zero-order valence-electron chi connectivity index (χ0n) is 12.7. The third-order valence-corrected chi connectivity index (χ3v) is 3.47. The normalized spacial score (nSPS) is 10.4. The number of benzene rings is 1. The third kappa shape index (κ3) is 2.39. The second kappa shape index (κ2) is 5.38. The summed E-state index contributed by atoms with van der Waals surface area (Å²) in [6.45, 7) is 1.97. The zero-order valence-corrected chi connectivity index (χ0v) is 12.7. The van der Waals surface area contributed by atoms with Gasteiger partial charge in [0.2, 0.25) is 0 Å². The van der Waals surface area contributed by atoms with Crippen LogP contribution < -0.4 is 9.80 Å². The molecule has 0 amide bonds. The van der Waals surface area contributed by atoms with Crippen LogP contribution in [0.2, 0.25) is 0 Å². The Bertz CT molecular complexity index is 681. The smallest absolute Gasteiger partial charge is 0.0727 e. The Morgan fingerprint density at radius 2 is 1.85 bits per heavy atom. The van der Waals surface area contributed by atoms with Gasteiger partial charge in [-0.25, -0.2) is 0 Å². The van der Waals surface area contributed by atoms with E-state index < -0.39 is 0 Å². The highest BCUT2D eigenvalue weighted by atomic mass is 15.1. The molecule has 4 heteroatoms. The van der Waals surface area contributed by atoms with Gasteiger partial charge in [0.25, 0.3) is 0 Å². The van der Waals surface area contributed by atoms with E-state index in [1.807, 2.05) is 41.2 Å². The molecule has 0 saturated carbocycles. The fourth-order valence-electron chi connectivity index (χ4n) is 2.47. The Balaban J connectivity index is 2.83. The number of rotatable bonds is 3. The molecule has 0 N–H and O–H groups in total. The van der Waals surface area contributed by atoms with E-state index in [1.54, 1.807) is 0 Å². The molecule has 0 atom stereocenters. The minimum Gasteiger partial charge on any atom is -0.378 e. The van der Waals surface area contributed by atoms with Gasteiger partial charge in [0.15, 0.2) is 0 Å². The number of hydrogen-bond donors (Lipinski definition) is 0. The van der Waals surface area contributed by atoms with Crippen molar-refractivity contribution >= 4 is 22.3 Å². The van der Waals surface area contributed by atoms with Gasteiger partial charge in [-0.15, -0.1) is 0 Å². The van der Waals surface area contributed by atoms with E-state index in [-0.39, 0.29) is 0 Å². The van der Waals surface area contributed by atoms with Crippen molar-refractivity contribution in [2.24, 2.45) is 0 Å². The lowest BCUT2D eigenvalue weighted by Crippen LogP contribution is -2.14. The van der Waals surface area contributed by atoms with Crippen LogP contribution in [0.1, 0.15) is 11.3 Å². The molecule has 1 aromatic heterocycles. The Kier molecular flexibility index (Phi) is 3.80. The fraction of sp³-hybridized carbons (Fsp3) is 0.375. The van der Waals surface area contributed by atoms with E-state index in [9.17, 15) is 0 Å². The lowest BCUT2D eigenvalue weighted by Gasteiger charge is -2.22. The number of hydrogen-bond acceptors (Lipinski definition) is 4. The summed E-state index contributed by atoms with van der Waals surface area (Å²) < 4.78 is 0. The summed E-state index contributed by atoms with van der Waals surface area (Å²) in [5, 5.41) is 10.2. The molecule has 0 saturated heterocycles. The molecule has 20 heavy (non-hydrogen) atoms. The zero-order chi connectivity index (χ0) is 14.9. The summed E-state index contributed by atoms with van der Waals surface area (Å²) in [6, 6.07) is 8.49. The summed E-state index contributed by atoms with van der Waals surface area (Å²) in [4.78, 5) is 8.79. The second-order valence-corrected chi connectivity index (χ2v) is 5.35. The lowest BCUT2D eigenvalue weighted by molar-refractivity contribution is 1.06. The van der Waals surface area contributed by atoms with Crippen LogP contribution in [0.15, 0.2) is 18.2 Å². The Morgan fingerprint density at radius 1 is 1.15 bits per heavy atom. The number of aryl methyl sites for hydroxylation is 1. The summed E-state index contributed by atoms with van der Waals surface area (Å²) in [5.41, 5.74) is 5.15. The molecule has 0 aliphatic carbocycles. The first-order valence-corrected chi connectivity index (χ1v) is 6.60. The molecule has 0 unspecified atom stereocenters. The van der Waals surface area contributed by atoms with Gasteiger partial charge in [-0.2, -0.15) is 5.26 Å². The summed E-state index contributed by atoms with van der Waals surface area (Å²) in [6.07, 6.45) is 0.383. The van der Waals surface area contributed by atoms with E-state index in [0.717, 1.165) is 33.5 Å². The van der Waals surface area contributed by atoms with Gasteiger partial charge in [0.1, 0.15) is 0 Å². The van der Waals surface area contributed by atoms with Gasteiger partial charge in [0.05, 0.1) is 23.7 Å². The summed E-state index contributed by atoms with van der Waals surface area (Å²) >= 11 is 0. The van der Waals surface area contributed by atoms with E-state index in [4.69, 9.17) is 5.26 Å². The number of nitriles is 1. The molecule has 1 aromatic carbocycles. The van der Waals surface area contributed by atoms with Crippen LogP contribution in [0.4, 0.5) is 11.4 Å². The average molecular weight is 268 g/mol. The number of anilines is 2. The third-order valence-electron chi connectivity index (χ3n) is 3.47. The highest BCUT2D eigenvalue weighted by Crippen LogP contribution is 2.33. The van der Waals surface area contributed by atoms with E-state index in [1.165, 1.54) is 0 Å². The van der Waals surface area contributed by atoms with Crippen molar-refractivity contribution in [1.29, 1.82) is 5.26 Å². The minimum absolute atomic E-state index is 0.383. The molecule has 1 heterocycles. The van der Waals surface area contributed by atoms with Gasteiger partial charge in [-0.3, -0.25) is 4.98 Å². The first kappa shape index (κ1) is 14.1. The maximum absolute atomic E-state index is 9.06. The van der Waals surface area contributed by atoms with Crippen LogP contribution in [0, 0.1) is 18.3 Å². The number of aromatic nitrogens is 1. The molecule has 0 aliphatic heterocycles. The average Bonchev–Trinajstić information content (AvgIpc) is 2.38. The molecular weight excluding hydrogens is 248 g/mol. The Hall–Kier alpha value is -2.28. The minimum atomic E-state index is 0.383. The highest BCUT2D eigenvalue weighted by molar-refractivity contribution is 5.96. The van der Waals surface area contributed by atoms with Crippen LogP contribution in [-0.4, -0.2) is 33.2 Å². The maximum Gasteiger partial charge on any atom is 0.0727 e. The molecule has 0 fully saturated rings. The molecule has 104 valence electrons. The van der Waals surface area contributed by atoms with Crippen LogP contribution >= 0.6 is 0 Å². The van der Waals surface area contributed by atoms with Crippen LogP contribution in [0.25, 0.3) is 10.9 Å². The summed E-state index contributed by atoms with van der Waals surface area (Å²) in [5.74, 6) is 0. The van der Waals surface area contributed by atoms with Gasteiger partial charge >= 0.3 is 0 Å². The van der Waals surface area contributed by atoms with Crippen molar-refractivity contribution in [3.8, 4) is 6.07 Å². The molecule has 2 rings (SSSR count). The van der Waals surface area contributed by atoms with Crippen molar-refractivity contribution in [1.82, 2.24) is 4.98 Å². The quantitative estimate of drug-likeness (QED) is 0.858. The number of nitrogens with zero attached hydrogens (tertiary/aromatic N) is 4. The van der Waals surface area contributed by atoms with E-state index in [2.05, 4.69) is 33.0 Å². The van der Waals surface area contributed by atoms with Gasteiger partial charge in [-0.1, -0.05) is 0 Å². The number of fused-ring (bicyclic) bond motifs is 1. The molecule has 0 spiro atoms. The van der Waals surface area contributed by atoms with Crippen molar-refractivity contribution in [3.63, 3.8) is 0 Å². The van der Waals surface area contributed by atoms with Crippen LogP contribution in [-0.2, 0) is 6.42 Å². The number of pyridine rings is 1. The maximum atomic E-state index is 9.06. The molecule has 0 aliphatic rings. The van der Waals surface area contributed by atoms with E-state index in [0.29, 0.717) is 6.42 Å². The molecule has 2 aromatic rings. The van der Waals surface area contributed by atoms with Crippen molar-refractivity contribution in [2.75, 3.05) is 38.0 Å². The van der Waals surface area contributed by atoms with E-state index >= 15 is 0 Å². The van der Waals surface area contributed by atoms with Crippen molar-refractivity contribution in [3.05, 3.63) is 29.5 Å². The monoisotopic (exact) mass is 268 g/mol. The Morgan fingerprint density at radius 3 is 2.40 bits per heavy atom. The van der Waals surface area contributed by atoms with Gasteiger partial charge < -0.3 is 9.80 Å².